The van der Waals surface area contributed by atoms with Crippen LogP contribution in [0.1, 0.15) is 39.9 Å². The minimum absolute atomic E-state index is 0.509. The molecule has 0 N–H and O–H groups in total. The number of nitrogens with zero attached hydrogens (tertiary/aromatic N) is 8. The lowest BCUT2D eigenvalue weighted by atomic mass is 9.64. The van der Waals surface area contributed by atoms with Gasteiger partial charge in [-0.3, -0.25) is 19.5 Å². The number of pyridine rings is 2. The smallest absolute Gasteiger partial charge is 0.236 e. The van der Waals surface area contributed by atoms with Gasteiger partial charge >= 0.3 is 0 Å². The summed E-state index contributed by atoms with van der Waals surface area (Å²) in [7, 11) is 1.78. The number of allylic oxidation sites excluding steroid dienone is 6. The fraction of sp³-hybridized carbons (Fsp3) is 0.0484. The lowest BCUT2D eigenvalue weighted by molar-refractivity contribution is 0.695. The van der Waals surface area contributed by atoms with Crippen molar-refractivity contribution >= 4 is 77.8 Å². The third-order valence-corrected chi connectivity index (χ3v) is 14.4. The van der Waals surface area contributed by atoms with Crippen LogP contribution in [0.2, 0.25) is 0 Å². The maximum atomic E-state index is 5.75. The van der Waals surface area contributed by atoms with E-state index in [9.17, 15) is 0 Å². The second-order valence-electron chi connectivity index (χ2n) is 18.0. The monoisotopic (exact) mass is 896 g/mol. The van der Waals surface area contributed by atoms with Gasteiger partial charge in [0.1, 0.15) is 6.33 Å². The molecular formula is C62H40N8. The number of rotatable bonds is 3. The Labute approximate surface area is 402 Å². The molecule has 1 spiro atoms. The van der Waals surface area contributed by atoms with Gasteiger partial charge in [-0.05, 0) is 97.9 Å². The fourth-order valence-electron chi connectivity index (χ4n) is 11.4. The van der Waals surface area contributed by atoms with Crippen molar-refractivity contribution in [3.63, 3.8) is 0 Å². The van der Waals surface area contributed by atoms with Crippen LogP contribution >= 0.6 is 0 Å². The molecule has 8 heteroatoms. The molecule has 0 radical (unpaired) electrons. The maximum absolute atomic E-state index is 5.75. The van der Waals surface area contributed by atoms with E-state index < -0.39 is 5.41 Å². The van der Waals surface area contributed by atoms with Crippen molar-refractivity contribution in [2.75, 3.05) is 7.05 Å². The summed E-state index contributed by atoms with van der Waals surface area (Å²) in [6.07, 6.45) is 17.0. The van der Waals surface area contributed by atoms with Gasteiger partial charge in [-0.25, -0.2) is 15.0 Å². The van der Waals surface area contributed by atoms with Crippen LogP contribution in [-0.2, 0) is 5.41 Å². The van der Waals surface area contributed by atoms with Crippen LogP contribution in [0.5, 0.6) is 0 Å². The number of aromatic nitrogens is 5. The standard InChI is InChI=1S/C62H40N8/c1-63-60(40-18-7-3-8-19-40)69-61(66-35-38-15-5-2-6-16-38)70-53-29-27-42(34-48(53)55-43-20-12-11-17-39(43)26-30-54(55)70)41-25-28-52-47(33-41)46-31-32-65-58-56(46)59(68-52)62(51-36-64-37-67-57(51)58)49-23-10-4-9-21-44(49)45-22-13-14-24-50(45)62/h2-22,24-37H,23H2,1H3. The molecule has 1 atom stereocenters. The molecule has 3 aliphatic rings. The summed E-state index contributed by atoms with van der Waals surface area (Å²) in [5.74, 6) is 1.10. The topological polar surface area (TPSA) is 93.6 Å². The third kappa shape index (κ3) is 5.80. The van der Waals surface area contributed by atoms with Crippen molar-refractivity contribution in [1.29, 1.82) is 0 Å². The first-order valence-corrected chi connectivity index (χ1v) is 23.6. The summed E-state index contributed by atoms with van der Waals surface area (Å²) >= 11 is 0. The first-order valence-electron chi connectivity index (χ1n) is 23.6. The molecule has 0 fully saturated rings. The highest BCUT2D eigenvalue weighted by Crippen LogP contribution is 2.61. The van der Waals surface area contributed by atoms with Crippen molar-refractivity contribution in [2.45, 2.75) is 11.8 Å². The maximum Gasteiger partial charge on any atom is 0.236 e. The van der Waals surface area contributed by atoms with Crippen LogP contribution in [0.15, 0.2) is 227 Å². The Morgan fingerprint density at radius 2 is 1.44 bits per heavy atom. The second-order valence-corrected chi connectivity index (χ2v) is 18.0. The number of amidine groups is 1. The largest absolute Gasteiger partial charge is 0.278 e. The number of hydrogen-bond acceptors (Lipinski definition) is 5. The Balaban J connectivity index is 1.000. The zero-order valence-corrected chi connectivity index (χ0v) is 38.0. The van der Waals surface area contributed by atoms with E-state index in [1.165, 1.54) is 22.3 Å². The van der Waals surface area contributed by atoms with E-state index >= 15 is 0 Å². The van der Waals surface area contributed by atoms with Crippen LogP contribution in [0.25, 0.3) is 82.3 Å². The average molecular weight is 897 g/mol. The summed E-state index contributed by atoms with van der Waals surface area (Å²) in [6, 6.07) is 57.6. The molecule has 4 aromatic heterocycles. The minimum atomic E-state index is -0.706. The predicted molar refractivity (Wildman–Crippen MR) is 286 cm³/mol. The molecule has 0 amide bonds. The van der Waals surface area contributed by atoms with Gasteiger partial charge in [-0.2, -0.15) is 4.99 Å². The molecule has 3 aliphatic carbocycles. The van der Waals surface area contributed by atoms with E-state index in [4.69, 9.17) is 24.9 Å². The molecule has 7 aromatic carbocycles. The molecule has 328 valence electrons. The van der Waals surface area contributed by atoms with Crippen molar-refractivity contribution in [2.24, 2.45) is 15.0 Å². The minimum Gasteiger partial charge on any atom is -0.278 e. The molecule has 14 rings (SSSR count). The van der Waals surface area contributed by atoms with Crippen LogP contribution in [0.3, 0.4) is 0 Å². The molecule has 4 heterocycles. The van der Waals surface area contributed by atoms with Crippen molar-refractivity contribution in [3.05, 3.63) is 246 Å². The summed E-state index contributed by atoms with van der Waals surface area (Å²) in [5.41, 5.74) is 14.8. The summed E-state index contributed by atoms with van der Waals surface area (Å²) in [4.78, 5) is 35.6. The van der Waals surface area contributed by atoms with Crippen molar-refractivity contribution in [3.8, 4) is 22.5 Å². The normalized spacial score (nSPS) is 16.3. The molecule has 11 aromatic rings. The fourth-order valence-corrected chi connectivity index (χ4v) is 11.4. The molecule has 0 saturated heterocycles. The number of fused-ring (bicyclic) bond motifs is 15. The first kappa shape index (κ1) is 39.9. The number of benzene rings is 7. The van der Waals surface area contributed by atoms with Crippen LogP contribution < -0.4 is 0 Å². The van der Waals surface area contributed by atoms with E-state index in [-0.39, 0.29) is 0 Å². The predicted octanol–water partition coefficient (Wildman–Crippen LogP) is 13.5. The lowest BCUT2D eigenvalue weighted by Crippen LogP contribution is -2.35. The van der Waals surface area contributed by atoms with Crippen LogP contribution in [0, 0.1) is 0 Å². The Hall–Kier alpha value is -9.27. The van der Waals surface area contributed by atoms with Gasteiger partial charge in [0.15, 0.2) is 5.84 Å². The van der Waals surface area contributed by atoms with E-state index in [2.05, 4.69) is 142 Å². The summed E-state index contributed by atoms with van der Waals surface area (Å²) < 4.78 is 2.18. The van der Waals surface area contributed by atoms with Crippen molar-refractivity contribution in [1.82, 2.24) is 24.5 Å². The van der Waals surface area contributed by atoms with Gasteiger partial charge in [0.05, 0.1) is 39.0 Å². The molecule has 1 unspecified atom stereocenters. The Bertz CT molecular complexity index is 4210. The van der Waals surface area contributed by atoms with E-state index in [0.717, 1.165) is 106 Å². The van der Waals surface area contributed by atoms with E-state index in [1.54, 1.807) is 13.4 Å². The zero-order chi connectivity index (χ0) is 46.3. The van der Waals surface area contributed by atoms with E-state index in [1.807, 2.05) is 79.3 Å². The van der Waals surface area contributed by atoms with Crippen LogP contribution in [-0.4, -0.2) is 49.6 Å². The molecule has 0 bridgehead atoms. The van der Waals surface area contributed by atoms with Crippen molar-refractivity contribution < 1.29 is 0 Å². The first-order chi connectivity index (χ1) is 34.7. The highest BCUT2D eigenvalue weighted by molar-refractivity contribution is 6.25. The van der Waals surface area contributed by atoms with Gasteiger partial charge in [-0.15, -0.1) is 0 Å². The van der Waals surface area contributed by atoms with Gasteiger partial charge < -0.3 is 0 Å². The lowest BCUT2D eigenvalue weighted by Gasteiger charge is -2.39. The van der Waals surface area contributed by atoms with E-state index in [0.29, 0.717) is 11.8 Å². The average Bonchev–Trinajstić information content (AvgIpc) is 3.76. The Morgan fingerprint density at radius 1 is 0.657 bits per heavy atom. The Morgan fingerprint density at radius 3 is 2.33 bits per heavy atom. The molecule has 8 nitrogen and oxygen atoms in total. The summed E-state index contributed by atoms with van der Waals surface area (Å²) in [6.45, 7) is 0. The van der Waals surface area contributed by atoms with Crippen LogP contribution in [0.4, 0.5) is 0 Å². The van der Waals surface area contributed by atoms with Gasteiger partial charge in [-0.1, -0.05) is 152 Å². The number of hydrogen-bond donors (Lipinski definition) is 0. The van der Waals surface area contributed by atoms with Gasteiger partial charge in [0.25, 0.3) is 0 Å². The van der Waals surface area contributed by atoms with Gasteiger partial charge in [0, 0.05) is 58.3 Å². The molecule has 0 saturated carbocycles. The molecule has 0 aliphatic heterocycles. The highest BCUT2D eigenvalue weighted by atomic mass is 15.2. The molecular weight excluding hydrogens is 857 g/mol. The number of aliphatic imine (C=N–C) groups is 3. The van der Waals surface area contributed by atoms with Gasteiger partial charge in [0.2, 0.25) is 5.96 Å². The quantitative estimate of drug-likeness (QED) is 0.100. The highest BCUT2D eigenvalue weighted by Gasteiger charge is 2.53. The molecule has 70 heavy (non-hydrogen) atoms. The zero-order valence-electron chi connectivity index (χ0n) is 38.0. The SMILES string of the molecule is CN=C(N=C(N=Cc1ccccc1)n1c2ccc(-c3ccc4nc5c6c(nccc6c4c3)-c3ncncc3C53C4=C(C=CC=CC4)c4ccccc43)cc2c2c3ccccc3ccc21)c1ccccc1. The Kier molecular flexibility index (Phi) is 8.91. The second kappa shape index (κ2) is 15.7. The third-order valence-electron chi connectivity index (χ3n) is 14.4. The summed E-state index contributed by atoms with van der Waals surface area (Å²) in [5, 5.41) is 7.70.